The van der Waals surface area contributed by atoms with E-state index in [-0.39, 0.29) is 37.3 Å². The Balaban J connectivity index is 0.774. The monoisotopic (exact) mass is 929 g/mol. The smallest absolute Gasteiger partial charge is 0.262 e. The number of benzene rings is 3. The first-order valence-electron chi connectivity index (χ1n) is 21.3. The standard InChI is InChI=1S/C46H49Cl2N7O10/c1-61-37-25-35(32(47)23-33(37)48)51-43-29(26-49)27-50-34-24-39(38(62-2)22-31(34)43)65-18-5-12-53-13-15-54(16-14-53)41(57)11-19-64-21-20-63-17-4-7-28-6-3-8-30-42(28)46(60)55(45(30)59)36-9-10-40(56)52-44(36)58/h3,6,8,22-25,27,36H,4-5,7,9-21H2,1-2H3,(H,50,51)(H,52,56,58). The van der Waals surface area contributed by atoms with Crippen LogP contribution in [0.2, 0.25) is 10.0 Å². The van der Waals surface area contributed by atoms with Gasteiger partial charge in [0.15, 0.2) is 11.5 Å². The first-order valence-corrected chi connectivity index (χ1v) is 22.1. The van der Waals surface area contributed by atoms with E-state index in [0.717, 1.165) is 31.0 Å². The molecule has 5 amide bonds. The molecule has 2 saturated heterocycles. The lowest BCUT2D eigenvalue weighted by molar-refractivity contribution is -0.136. The van der Waals surface area contributed by atoms with Gasteiger partial charge in [-0.05, 0) is 49.4 Å². The number of hydrogen-bond donors (Lipinski definition) is 2. The number of anilines is 2. The molecule has 4 aromatic rings. The van der Waals surface area contributed by atoms with Crippen molar-refractivity contribution in [2.24, 2.45) is 0 Å². The lowest BCUT2D eigenvalue weighted by atomic mass is 9.99. The molecule has 0 saturated carbocycles. The summed E-state index contributed by atoms with van der Waals surface area (Å²) in [6, 6.07) is 13.0. The maximum Gasteiger partial charge on any atom is 0.262 e. The third-order valence-corrected chi connectivity index (χ3v) is 12.1. The van der Waals surface area contributed by atoms with Gasteiger partial charge in [-0.15, -0.1) is 0 Å². The maximum absolute atomic E-state index is 13.3. The Bertz CT molecular complexity index is 2510. The summed E-state index contributed by atoms with van der Waals surface area (Å²) in [5.41, 5.74) is 3.14. The van der Waals surface area contributed by atoms with Gasteiger partial charge in [0.1, 0.15) is 17.9 Å². The summed E-state index contributed by atoms with van der Waals surface area (Å²) in [6.07, 6.45) is 3.76. The molecule has 7 rings (SSSR count). The van der Waals surface area contributed by atoms with Gasteiger partial charge in [-0.2, -0.15) is 5.26 Å². The van der Waals surface area contributed by atoms with Crippen molar-refractivity contribution in [1.82, 2.24) is 25.0 Å². The fraction of sp³-hybridized carbons (Fsp3) is 0.413. The number of rotatable bonds is 20. The van der Waals surface area contributed by atoms with E-state index >= 15 is 0 Å². The fourth-order valence-corrected chi connectivity index (χ4v) is 8.60. The van der Waals surface area contributed by atoms with Crippen molar-refractivity contribution in [2.75, 3.05) is 85.3 Å². The molecule has 0 bridgehead atoms. The number of piperazine rings is 1. The van der Waals surface area contributed by atoms with Crippen LogP contribution in [-0.2, 0) is 30.3 Å². The lowest BCUT2D eigenvalue weighted by Crippen LogP contribution is -2.54. The van der Waals surface area contributed by atoms with E-state index < -0.39 is 29.7 Å². The number of amides is 5. The zero-order valence-electron chi connectivity index (χ0n) is 36.1. The largest absolute Gasteiger partial charge is 0.495 e. The van der Waals surface area contributed by atoms with Crippen molar-refractivity contribution >= 4 is 75.0 Å². The third-order valence-electron chi connectivity index (χ3n) is 11.5. The van der Waals surface area contributed by atoms with Crippen molar-refractivity contribution in [3.05, 3.63) is 81.0 Å². The van der Waals surface area contributed by atoms with Crippen LogP contribution in [0.15, 0.2) is 48.7 Å². The highest BCUT2D eigenvalue weighted by molar-refractivity contribution is 6.37. The van der Waals surface area contributed by atoms with Gasteiger partial charge in [-0.1, -0.05) is 35.3 Å². The molecule has 3 aliphatic heterocycles. The molecule has 4 heterocycles. The van der Waals surface area contributed by atoms with Crippen molar-refractivity contribution in [1.29, 1.82) is 5.26 Å². The summed E-state index contributed by atoms with van der Waals surface area (Å²) in [7, 11) is 3.05. The molecule has 2 fully saturated rings. The molecule has 17 nitrogen and oxygen atoms in total. The summed E-state index contributed by atoms with van der Waals surface area (Å²) in [5, 5.41) is 16.7. The maximum atomic E-state index is 13.3. The molecule has 19 heteroatoms. The highest BCUT2D eigenvalue weighted by Crippen LogP contribution is 2.40. The number of ether oxygens (including phenoxy) is 5. The van der Waals surface area contributed by atoms with Crippen LogP contribution in [-0.4, -0.2) is 135 Å². The SMILES string of the molecule is COc1cc(Nc2c(C#N)cnc3cc(OCCCN4CCN(C(=O)CCOCCOCCCc5cccc6c5C(=O)N(C5CCC(=O)NC5=O)C6=O)CC4)c(OC)cc23)c(Cl)cc1Cl. The number of imide groups is 2. The van der Waals surface area contributed by atoms with Crippen molar-refractivity contribution in [3.8, 4) is 23.3 Å². The molecule has 3 aromatic carbocycles. The average Bonchev–Trinajstić information content (AvgIpc) is 3.56. The number of nitrogens with zero attached hydrogens (tertiary/aromatic N) is 5. The van der Waals surface area contributed by atoms with Crippen LogP contribution in [0.25, 0.3) is 10.9 Å². The second-order valence-electron chi connectivity index (χ2n) is 15.6. The van der Waals surface area contributed by atoms with Gasteiger partial charge in [-0.3, -0.25) is 44.1 Å². The van der Waals surface area contributed by atoms with Gasteiger partial charge in [0.05, 0.1) is 90.7 Å². The van der Waals surface area contributed by atoms with E-state index in [4.69, 9.17) is 46.9 Å². The van der Waals surface area contributed by atoms with E-state index in [2.05, 4.69) is 26.6 Å². The number of carbonyl (C=O) groups is 5. The Kier molecular flexibility index (Phi) is 15.7. The highest BCUT2D eigenvalue weighted by atomic mass is 35.5. The van der Waals surface area contributed by atoms with Gasteiger partial charge in [-0.25, -0.2) is 0 Å². The predicted octanol–water partition coefficient (Wildman–Crippen LogP) is 5.54. The quantitative estimate of drug-likeness (QED) is 0.0826. The highest BCUT2D eigenvalue weighted by Gasteiger charge is 2.45. The number of nitriles is 1. The number of carbonyl (C=O) groups excluding carboxylic acids is 5. The van der Waals surface area contributed by atoms with Crippen LogP contribution >= 0.6 is 23.2 Å². The van der Waals surface area contributed by atoms with Crippen LogP contribution < -0.4 is 24.8 Å². The number of aryl methyl sites for hydroxylation is 1. The van der Waals surface area contributed by atoms with E-state index in [0.29, 0.717) is 119 Å². The minimum Gasteiger partial charge on any atom is -0.495 e. The van der Waals surface area contributed by atoms with E-state index in [9.17, 15) is 29.2 Å². The van der Waals surface area contributed by atoms with Crippen LogP contribution in [0.4, 0.5) is 11.4 Å². The zero-order chi connectivity index (χ0) is 46.0. The second kappa shape index (κ2) is 21.8. The Hall–Kier alpha value is -6.03. The molecule has 0 spiro atoms. The van der Waals surface area contributed by atoms with Gasteiger partial charge in [0, 0.05) is 69.5 Å². The molecule has 65 heavy (non-hydrogen) atoms. The first kappa shape index (κ1) is 46.9. The Morgan fingerprint density at radius 3 is 2.40 bits per heavy atom. The first-order chi connectivity index (χ1) is 31.5. The number of pyridine rings is 1. The third kappa shape index (κ3) is 10.9. The topological polar surface area (TPSA) is 202 Å². The van der Waals surface area contributed by atoms with Crippen LogP contribution in [0.5, 0.6) is 17.2 Å². The van der Waals surface area contributed by atoms with Crippen molar-refractivity contribution in [2.45, 2.75) is 44.6 Å². The molecule has 2 N–H and O–H groups in total. The number of aromatic nitrogens is 1. The average molecular weight is 931 g/mol. The van der Waals surface area contributed by atoms with Gasteiger partial charge in [0.2, 0.25) is 17.7 Å². The van der Waals surface area contributed by atoms with E-state index in [1.165, 1.54) is 13.3 Å². The molecular weight excluding hydrogens is 881 g/mol. The molecule has 3 aliphatic rings. The zero-order valence-corrected chi connectivity index (χ0v) is 37.6. The fourth-order valence-electron chi connectivity index (χ4n) is 8.10. The van der Waals surface area contributed by atoms with E-state index in [1.54, 1.807) is 49.6 Å². The summed E-state index contributed by atoms with van der Waals surface area (Å²) in [5.74, 6) is -0.639. The molecular formula is C46H49Cl2N7O10. The Morgan fingerprint density at radius 2 is 1.66 bits per heavy atom. The second-order valence-corrected chi connectivity index (χ2v) is 16.4. The summed E-state index contributed by atoms with van der Waals surface area (Å²) < 4.78 is 28.6. The Morgan fingerprint density at radius 1 is 0.892 bits per heavy atom. The number of hydrogen-bond acceptors (Lipinski definition) is 14. The molecule has 342 valence electrons. The van der Waals surface area contributed by atoms with Crippen molar-refractivity contribution in [3.63, 3.8) is 0 Å². The molecule has 0 aliphatic carbocycles. The number of halogens is 2. The van der Waals surface area contributed by atoms with Crippen LogP contribution in [0, 0.1) is 11.3 Å². The lowest BCUT2D eigenvalue weighted by Gasteiger charge is -2.34. The van der Waals surface area contributed by atoms with Gasteiger partial charge in [0.25, 0.3) is 11.8 Å². The number of piperidine rings is 1. The number of nitrogens with one attached hydrogen (secondary N) is 2. The van der Waals surface area contributed by atoms with E-state index in [1.807, 2.05) is 4.90 Å². The van der Waals surface area contributed by atoms with Gasteiger partial charge >= 0.3 is 0 Å². The minimum atomic E-state index is -1.01. The molecule has 1 unspecified atom stereocenters. The number of methoxy groups -OCH3 is 2. The summed E-state index contributed by atoms with van der Waals surface area (Å²) in [6.45, 7) is 5.32. The van der Waals surface area contributed by atoms with Crippen LogP contribution in [0.1, 0.15) is 63.9 Å². The van der Waals surface area contributed by atoms with Crippen molar-refractivity contribution < 1.29 is 47.7 Å². The number of fused-ring (bicyclic) bond motifs is 2. The van der Waals surface area contributed by atoms with Crippen LogP contribution in [0.3, 0.4) is 0 Å². The molecule has 0 radical (unpaired) electrons. The predicted molar refractivity (Wildman–Crippen MR) is 240 cm³/mol. The molecule has 1 aromatic heterocycles. The van der Waals surface area contributed by atoms with Gasteiger partial charge < -0.3 is 33.9 Å². The normalized spacial score (nSPS) is 16.4. The summed E-state index contributed by atoms with van der Waals surface area (Å²) >= 11 is 12.7. The summed E-state index contributed by atoms with van der Waals surface area (Å²) in [4.78, 5) is 72.9. The minimum absolute atomic E-state index is 0.0433. The molecule has 1 atom stereocenters. The Labute approximate surface area is 385 Å².